The van der Waals surface area contributed by atoms with E-state index in [-0.39, 0.29) is 11.8 Å². The first-order valence-electron chi connectivity index (χ1n) is 5.64. The molecule has 2 aromatic rings. The van der Waals surface area contributed by atoms with Gasteiger partial charge >= 0.3 is 6.03 Å². The van der Waals surface area contributed by atoms with E-state index in [1.54, 1.807) is 18.3 Å². The lowest BCUT2D eigenvalue weighted by atomic mass is 10.3. The molecule has 1 aromatic carbocycles. The van der Waals surface area contributed by atoms with Crippen molar-refractivity contribution in [1.29, 1.82) is 0 Å². The molecule has 0 spiro atoms. The molecule has 98 valence electrons. The van der Waals surface area contributed by atoms with Crippen LogP contribution in [0.4, 0.5) is 20.7 Å². The second-order valence-corrected chi connectivity index (χ2v) is 3.91. The molecule has 0 bridgehead atoms. The van der Waals surface area contributed by atoms with E-state index in [1.807, 2.05) is 0 Å². The summed E-state index contributed by atoms with van der Waals surface area (Å²) in [7, 11) is 0. The zero-order valence-corrected chi connectivity index (χ0v) is 10.1. The van der Waals surface area contributed by atoms with Crippen molar-refractivity contribution < 1.29 is 9.18 Å². The third kappa shape index (κ3) is 3.95. The summed E-state index contributed by atoms with van der Waals surface area (Å²) in [6.45, 7) is 0.334. The van der Waals surface area contributed by atoms with E-state index in [0.717, 1.165) is 5.56 Å². The number of nitrogens with one attached hydrogen (secondary N) is 2. The van der Waals surface area contributed by atoms with Crippen LogP contribution in [0.25, 0.3) is 0 Å². The monoisotopic (exact) mass is 260 g/mol. The number of pyridine rings is 1. The van der Waals surface area contributed by atoms with Gasteiger partial charge in [0.1, 0.15) is 11.6 Å². The van der Waals surface area contributed by atoms with E-state index in [2.05, 4.69) is 15.6 Å². The van der Waals surface area contributed by atoms with Gasteiger partial charge in [-0.2, -0.15) is 0 Å². The van der Waals surface area contributed by atoms with Crippen LogP contribution in [-0.4, -0.2) is 11.0 Å². The lowest BCUT2D eigenvalue weighted by Gasteiger charge is -2.07. The van der Waals surface area contributed by atoms with Crippen LogP contribution in [0.3, 0.4) is 0 Å². The lowest BCUT2D eigenvalue weighted by molar-refractivity contribution is 0.251. The summed E-state index contributed by atoms with van der Waals surface area (Å²) < 4.78 is 12.7. The molecule has 0 unspecified atom stereocenters. The highest BCUT2D eigenvalue weighted by Gasteiger charge is 2.02. The number of nitrogen functional groups attached to an aromatic ring is 1. The second-order valence-electron chi connectivity index (χ2n) is 3.91. The number of aromatic nitrogens is 1. The van der Waals surface area contributed by atoms with Gasteiger partial charge in [-0.15, -0.1) is 0 Å². The van der Waals surface area contributed by atoms with E-state index in [9.17, 15) is 9.18 Å². The maximum atomic E-state index is 12.7. The fourth-order valence-corrected chi connectivity index (χ4v) is 1.43. The van der Waals surface area contributed by atoms with Crippen molar-refractivity contribution in [2.75, 3.05) is 11.1 Å². The van der Waals surface area contributed by atoms with Crippen LogP contribution >= 0.6 is 0 Å². The second kappa shape index (κ2) is 5.81. The summed E-state index contributed by atoms with van der Waals surface area (Å²) in [4.78, 5) is 15.5. The van der Waals surface area contributed by atoms with Crippen molar-refractivity contribution >= 4 is 17.5 Å². The summed E-state index contributed by atoms with van der Waals surface area (Å²) in [6, 6.07) is 8.59. The summed E-state index contributed by atoms with van der Waals surface area (Å²) in [6.07, 6.45) is 1.59. The number of amides is 2. The number of carbonyl (C=O) groups is 1. The molecule has 0 aliphatic carbocycles. The van der Waals surface area contributed by atoms with Gasteiger partial charge in [0.25, 0.3) is 0 Å². The zero-order chi connectivity index (χ0) is 13.7. The molecule has 2 rings (SSSR count). The van der Waals surface area contributed by atoms with Gasteiger partial charge in [-0.25, -0.2) is 14.2 Å². The fourth-order valence-electron chi connectivity index (χ4n) is 1.43. The Labute approximate surface area is 109 Å². The lowest BCUT2D eigenvalue weighted by Crippen LogP contribution is -2.28. The summed E-state index contributed by atoms with van der Waals surface area (Å²) in [5.41, 5.74) is 6.81. The molecule has 5 nitrogen and oxygen atoms in total. The molecule has 19 heavy (non-hydrogen) atoms. The van der Waals surface area contributed by atoms with Crippen LogP contribution in [-0.2, 0) is 6.54 Å². The first-order valence-corrected chi connectivity index (χ1v) is 5.64. The Kier molecular flexibility index (Phi) is 3.92. The Morgan fingerprint density at radius 3 is 2.58 bits per heavy atom. The fraction of sp³-hybridized carbons (Fsp3) is 0.0769. The number of carbonyl (C=O) groups excluding carboxylic acids is 1. The van der Waals surface area contributed by atoms with E-state index in [0.29, 0.717) is 18.1 Å². The van der Waals surface area contributed by atoms with Gasteiger partial charge in [0.2, 0.25) is 0 Å². The van der Waals surface area contributed by atoms with Gasteiger partial charge < -0.3 is 16.4 Å². The highest BCUT2D eigenvalue weighted by molar-refractivity contribution is 5.89. The number of anilines is 2. The number of halogens is 1. The highest BCUT2D eigenvalue weighted by atomic mass is 19.1. The van der Waals surface area contributed by atoms with Gasteiger partial charge in [-0.1, -0.05) is 6.07 Å². The smallest absolute Gasteiger partial charge is 0.319 e. The van der Waals surface area contributed by atoms with Crippen molar-refractivity contribution in [2.45, 2.75) is 6.54 Å². The number of nitrogens with zero attached hydrogens (tertiary/aromatic N) is 1. The summed E-state index contributed by atoms with van der Waals surface area (Å²) in [5, 5.41) is 5.25. The molecule has 0 saturated carbocycles. The summed E-state index contributed by atoms with van der Waals surface area (Å²) >= 11 is 0. The van der Waals surface area contributed by atoms with Gasteiger partial charge in [-0.3, -0.25) is 0 Å². The minimum atomic E-state index is -0.372. The summed E-state index contributed by atoms with van der Waals surface area (Å²) in [5.74, 6) is 0.0819. The topological polar surface area (TPSA) is 80.0 Å². The maximum absolute atomic E-state index is 12.7. The Hall–Kier alpha value is -2.63. The molecular formula is C13H13FN4O. The average Bonchev–Trinajstić information content (AvgIpc) is 2.41. The van der Waals surface area contributed by atoms with Crippen LogP contribution in [0, 0.1) is 5.82 Å². The number of hydrogen-bond acceptors (Lipinski definition) is 3. The highest BCUT2D eigenvalue weighted by Crippen LogP contribution is 2.08. The van der Waals surface area contributed by atoms with Crippen LogP contribution < -0.4 is 16.4 Å². The molecule has 0 saturated heterocycles. The SMILES string of the molecule is Nc1ccc(CNC(=O)Nc2ccc(F)cc2)cn1. The van der Waals surface area contributed by atoms with Crippen LogP contribution in [0.2, 0.25) is 0 Å². The minimum absolute atomic E-state index is 0.334. The Morgan fingerprint density at radius 1 is 1.21 bits per heavy atom. The number of nitrogens with two attached hydrogens (primary N) is 1. The van der Waals surface area contributed by atoms with Crippen LogP contribution in [0.15, 0.2) is 42.6 Å². The third-order valence-corrected chi connectivity index (χ3v) is 2.40. The molecule has 0 radical (unpaired) electrons. The Morgan fingerprint density at radius 2 is 1.95 bits per heavy atom. The molecule has 6 heteroatoms. The molecule has 4 N–H and O–H groups in total. The van der Waals surface area contributed by atoms with Crippen molar-refractivity contribution in [2.24, 2.45) is 0 Å². The number of urea groups is 1. The first-order chi connectivity index (χ1) is 9.13. The minimum Gasteiger partial charge on any atom is -0.384 e. The van der Waals surface area contributed by atoms with Crippen molar-refractivity contribution in [3.05, 3.63) is 54.0 Å². The third-order valence-electron chi connectivity index (χ3n) is 2.40. The average molecular weight is 260 g/mol. The zero-order valence-electron chi connectivity index (χ0n) is 10.1. The predicted molar refractivity (Wildman–Crippen MR) is 70.9 cm³/mol. The van der Waals surface area contributed by atoms with E-state index in [4.69, 9.17) is 5.73 Å². The van der Waals surface area contributed by atoms with Crippen molar-refractivity contribution in [3.63, 3.8) is 0 Å². The van der Waals surface area contributed by atoms with E-state index in [1.165, 1.54) is 24.3 Å². The normalized spacial score (nSPS) is 9.95. The molecule has 2 amide bonds. The molecule has 1 heterocycles. The number of hydrogen-bond donors (Lipinski definition) is 3. The molecule has 0 aliphatic rings. The van der Waals surface area contributed by atoms with Crippen molar-refractivity contribution in [1.82, 2.24) is 10.3 Å². The van der Waals surface area contributed by atoms with Gasteiger partial charge in [-0.05, 0) is 35.9 Å². The largest absolute Gasteiger partial charge is 0.384 e. The maximum Gasteiger partial charge on any atom is 0.319 e. The van der Waals surface area contributed by atoms with Gasteiger partial charge in [0, 0.05) is 18.4 Å². The Bertz CT molecular complexity index is 554. The van der Waals surface area contributed by atoms with Crippen LogP contribution in [0.1, 0.15) is 5.56 Å². The molecule has 1 aromatic heterocycles. The molecule has 0 atom stereocenters. The predicted octanol–water partition coefficient (Wildman–Crippen LogP) is 2.12. The van der Waals surface area contributed by atoms with Gasteiger partial charge in [0.15, 0.2) is 0 Å². The number of rotatable bonds is 3. The van der Waals surface area contributed by atoms with Crippen molar-refractivity contribution in [3.8, 4) is 0 Å². The van der Waals surface area contributed by atoms with Crippen LogP contribution in [0.5, 0.6) is 0 Å². The molecule has 0 fully saturated rings. The first kappa shape index (κ1) is 12.8. The van der Waals surface area contributed by atoms with Gasteiger partial charge in [0.05, 0.1) is 0 Å². The standard InChI is InChI=1S/C13H13FN4O/c14-10-2-4-11(5-3-10)18-13(19)17-8-9-1-6-12(15)16-7-9/h1-7H,8H2,(H2,15,16)(H2,17,18,19). The molecular weight excluding hydrogens is 247 g/mol. The number of benzene rings is 1. The molecule has 0 aliphatic heterocycles. The Balaban J connectivity index is 1.84. The quantitative estimate of drug-likeness (QED) is 0.790. The van der Waals surface area contributed by atoms with E-state index >= 15 is 0 Å². The van der Waals surface area contributed by atoms with E-state index < -0.39 is 0 Å².